The maximum Gasteiger partial charge on any atom is 0.265 e. The van der Waals surface area contributed by atoms with Crippen molar-refractivity contribution in [2.45, 2.75) is 33.7 Å². The Labute approximate surface area is 188 Å². The summed E-state index contributed by atoms with van der Waals surface area (Å²) in [6.45, 7) is 5.34. The van der Waals surface area contributed by atoms with Crippen LogP contribution in [0.2, 0.25) is 0 Å². The molecule has 0 aliphatic carbocycles. The summed E-state index contributed by atoms with van der Waals surface area (Å²) in [7, 11) is 2.16. The molecule has 3 heterocycles. The number of aryl methyl sites for hydroxylation is 1. The maximum atomic E-state index is 12.8. The van der Waals surface area contributed by atoms with Crippen LogP contribution in [-0.4, -0.2) is 42.5 Å². The van der Waals surface area contributed by atoms with Crippen molar-refractivity contribution in [3.05, 3.63) is 51.8 Å². The first-order valence-electron chi connectivity index (χ1n) is 10.3. The fourth-order valence-electron chi connectivity index (χ4n) is 3.82. The molecule has 166 valence electrons. The number of nitrogen functional groups attached to an aromatic ring is 1. The van der Waals surface area contributed by atoms with Crippen LogP contribution in [-0.2, 0) is 6.54 Å². The molecule has 0 saturated carbocycles. The number of benzene rings is 1. The Morgan fingerprint density at radius 3 is 2.84 bits per heavy atom. The van der Waals surface area contributed by atoms with Gasteiger partial charge < -0.3 is 20.7 Å². The molecule has 1 aromatic carbocycles. The van der Waals surface area contributed by atoms with Gasteiger partial charge in [-0.15, -0.1) is 11.3 Å². The van der Waals surface area contributed by atoms with E-state index in [1.54, 1.807) is 6.20 Å². The zero-order chi connectivity index (χ0) is 21.1. The molecule has 7 heteroatoms. The summed E-state index contributed by atoms with van der Waals surface area (Å²) in [5, 5.41) is 4.97. The molecule has 0 radical (unpaired) electrons. The van der Waals surface area contributed by atoms with Gasteiger partial charge in [-0.1, -0.05) is 19.6 Å². The molecule has 0 bridgehead atoms. The van der Waals surface area contributed by atoms with Crippen molar-refractivity contribution >= 4 is 33.8 Å². The van der Waals surface area contributed by atoms with Crippen molar-refractivity contribution in [3.8, 4) is 5.75 Å². The highest BCUT2D eigenvalue weighted by Gasteiger charge is 2.20. The first-order valence-corrected chi connectivity index (χ1v) is 11.1. The number of nitrogens with one attached hydrogen (secondary N) is 1. The number of aromatic nitrogens is 1. The number of piperidine rings is 1. The fraction of sp³-hybridized carbons (Fsp3) is 0.417. The molecule has 2 aromatic heterocycles. The summed E-state index contributed by atoms with van der Waals surface area (Å²) in [5.41, 5.74) is 6.93. The standard InChI is InChI=1S/C23H28N4O2S.CH4/c1-15-11-20(29-14-16-6-9-27(2)10-7-16)21(30-15)23(28)26-13-17-3-4-19-18(12-17)5-8-25-22(19)24;/h3-5,8,11-12,16H,6-7,9-10,13-14H2,1-2H3,(H2,24,25)(H,26,28);1H4. The first kappa shape index (κ1) is 23.0. The summed E-state index contributed by atoms with van der Waals surface area (Å²) < 4.78 is 6.09. The molecule has 1 amide bonds. The Bertz CT molecular complexity index is 1040. The van der Waals surface area contributed by atoms with Gasteiger partial charge in [0.1, 0.15) is 16.4 Å². The number of nitrogens with zero attached hydrogens (tertiary/aromatic N) is 2. The molecule has 3 aromatic rings. The summed E-state index contributed by atoms with van der Waals surface area (Å²) in [6.07, 6.45) is 3.98. The number of pyridine rings is 1. The van der Waals surface area contributed by atoms with Crippen LogP contribution in [0, 0.1) is 12.8 Å². The van der Waals surface area contributed by atoms with Gasteiger partial charge >= 0.3 is 0 Å². The minimum absolute atomic E-state index is 0. The molecule has 1 saturated heterocycles. The van der Waals surface area contributed by atoms with Crippen molar-refractivity contribution in [2.24, 2.45) is 5.92 Å². The summed E-state index contributed by atoms with van der Waals surface area (Å²) in [5.74, 6) is 1.67. The van der Waals surface area contributed by atoms with Gasteiger partial charge in [-0.25, -0.2) is 4.98 Å². The molecule has 1 fully saturated rings. The lowest BCUT2D eigenvalue weighted by Crippen LogP contribution is -2.32. The lowest BCUT2D eigenvalue weighted by atomic mass is 9.98. The maximum absolute atomic E-state index is 12.8. The van der Waals surface area contributed by atoms with Gasteiger partial charge in [0.25, 0.3) is 5.91 Å². The third kappa shape index (κ3) is 5.54. The van der Waals surface area contributed by atoms with Gasteiger partial charge in [0.15, 0.2) is 0 Å². The largest absolute Gasteiger partial charge is 0.492 e. The third-order valence-corrected chi connectivity index (χ3v) is 6.68. The van der Waals surface area contributed by atoms with Crippen molar-refractivity contribution in [1.82, 2.24) is 15.2 Å². The highest BCUT2D eigenvalue weighted by molar-refractivity contribution is 7.14. The third-order valence-electron chi connectivity index (χ3n) is 5.65. The molecule has 0 spiro atoms. The Hall–Kier alpha value is -2.64. The number of carbonyl (C=O) groups is 1. The fourth-order valence-corrected chi connectivity index (χ4v) is 4.69. The summed E-state index contributed by atoms with van der Waals surface area (Å²) in [6, 6.07) is 9.85. The highest BCUT2D eigenvalue weighted by Crippen LogP contribution is 2.30. The van der Waals surface area contributed by atoms with Crippen LogP contribution in [0.25, 0.3) is 10.8 Å². The van der Waals surface area contributed by atoms with E-state index in [2.05, 4.69) is 22.2 Å². The van der Waals surface area contributed by atoms with Gasteiger partial charge in [-0.2, -0.15) is 0 Å². The minimum Gasteiger partial charge on any atom is -0.492 e. The van der Waals surface area contributed by atoms with Crippen LogP contribution in [0.5, 0.6) is 5.75 Å². The normalized spacial score (nSPS) is 14.9. The predicted octanol–water partition coefficient (Wildman–Crippen LogP) is 4.47. The second kappa shape index (κ2) is 10.1. The quantitative estimate of drug-likeness (QED) is 0.591. The van der Waals surface area contributed by atoms with Crippen LogP contribution in [0.15, 0.2) is 36.5 Å². The van der Waals surface area contributed by atoms with E-state index in [9.17, 15) is 4.79 Å². The van der Waals surface area contributed by atoms with Crippen LogP contribution in [0.4, 0.5) is 5.82 Å². The van der Waals surface area contributed by atoms with E-state index in [4.69, 9.17) is 10.5 Å². The Balaban J connectivity index is 0.00000272. The molecule has 1 aliphatic rings. The van der Waals surface area contributed by atoms with Crippen LogP contribution in [0.1, 0.15) is 40.4 Å². The highest BCUT2D eigenvalue weighted by atomic mass is 32.1. The van der Waals surface area contributed by atoms with Gasteiger partial charge in [-0.05, 0) is 75.0 Å². The smallest absolute Gasteiger partial charge is 0.265 e. The van der Waals surface area contributed by atoms with Crippen molar-refractivity contribution in [2.75, 3.05) is 32.5 Å². The van der Waals surface area contributed by atoms with E-state index in [1.165, 1.54) is 11.3 Å². The molecule has 6 nitrogen and oxygen atoms in total. The van der Waals surface area contributed by atoms with E-state index in [0.29, 0.717) is 35.5 Å². The summed E-state index contributed by atoms with van der Waals surface area (Å²) in [4.78, 5) is 21.0. The van der Waals surface area contributed by atoms with E-state index in [-0.39, 0.29) is 13.3 Å². The number of carbonyl (C=O) groups excluding carboxylic acids is 1. The molecule has 0 atom stereocenters. The number of fused-ring (bicyclic) bond motifs is 1. The van der Waals surface area contributed by atoms with E-state index < -0.39 is 0 Å². The monoisotopic (exact) mass is 440 g/mol. The van der Waals surface area contributed by atoms with Crippen LogP contribution in [0.3, 0.4) is 0 Å². The Kier molecular flexibility index (Phi) is 7.51. The molecular weight excluding hydrogens is 408 g/mol. The predicted molar refractivity (Wildman–Crippen MR) is 129 cm³/mol. The van der Waals surface area contributed by atoms with E-state index >= 15 is 0 Å². The molecule has 0 unspecified atom stereocenters. The lowest BCUT2D eigenvalue weighted by Gasteiger charge is -2.28. The number of hydrogen-bond acceptors (Lipinski definition) is 6. The first-order chi connectivity index (χ1) is 14.5. The second-order valence-corrected chi connectivity index (χ2v) is 9.30. The zero-order valence-electron chi connectivity index (χ0n) is 17.5. The molecule has 4 rings (SSSR count). The SMILES string of the molecule is C.Cc1cc(OCC2CCN(C)CC2)c(C(=O)NCc2ccc3c(N)nccc3c2)s1. The van der Waals surface area contributed by atoms with E-state index in [0.717, 1.165) is 47.1 Å². The van der Waals surface area contributed by atoms with Gasteiger partial charge in [-0.3, -0.25) is 4.79 Å². The summed E-state index contributed by atoms with van der Waals surface area (Å²) >= 11 is 1.48. The van der Waals surface area contributed by atoms with E-state index in [1.807, 2.05) is 37.3 Å². The average molecular weight is 441 g/mol. The molecule has 31 heavy (non-hydrogen) atoms. The molecule has 3 N–H and O–H groups in total. The van der Waals surface area contributed by atoms with Gasteiger partial charge in [0.05, 0.1) is 6.61 Å². The van der Waals surface area contributed by atoms with Crippen molar-refractivity contribution < 1.29 is 9.53 Å². The minimum atomic E-state index is -0.0965. The topological polar surface area (TPSA) is 80.5 Å². The zero-order valence-corrected chi connectivity index (χ0v) is 18.3. The lowest BCUT2D eigenvalue weighted by molar-refractivity contribution is 0.0948. The Morgan fingerprint density at radius 1 is 1.29 bits per heavy atom. The van der Waals surface area contributed by atoms with Gasteiger partial charge in [0, 0.05) is 23.0 Å². The van der Waals surface area contributed by atoms with Crippen molar-refractivity contribution in [3.63, 3.8) is 0 Å². The number of thiophene rings is 1. The second-order valence-electron chi connectivity index (χ2n) is 8.04. The van der Waals surface area contributed by atoms with Gasteiger partial charge in [0.2, 0.25) is 0 Å². The number of rotatable bonds is 6. The number of ether oxygens (including phenoxy) is 1. The Morgan fingerprint density at radius 2 is 2.06 bits per heavy atom. The van der Waals surface area contributed by atoms with Crippen molar-refractivity contribution in [1.29, 1.82) is 0 Å². The van der Waals surface area contributed by atoms with Crippen LogP contribution < -0.4 is 15.8 Å². The molecular formula is C24H32N4O2S. The number of amides is 1. The number of anilines is 1. The number of likely N-dealkylation sites (tertiary alicyclic amines) is 1. The number of nitrogens with two attached hydrogens (primary N) is 1. The van der Waals surface area contributed by atoms with Crippen LogP contribution >= 0.6 is 11.3 Å². The molecule has 1 aliphatic heterocycles. The average Bonchev–Trinajstić information content (AvgIpc) is 3.12. The number of hydrogen-bond donors (Lipinski definition) is 2.